The van der Waals surface area contributed by atoms with Crippen molar-refractivity contribution in [3.63, 3.8) is 0 Å². The van der Waals surface area contributed by atoms with Crippen molar-refractivity contribution in [1.29, 1.82) is 0 Å². The first-order valence-corrected chi connectivity index (χ1v) is 10.8. The van der Waals surface area contributed by atoms with Crippen LogP contribution in [0.1, 0.15) is 46.1 Å². The third-order valence-electron chi connectivity index (χ3n) is 5.97. The summed E-state index contributed by atoms with van der Waals surface area (Å²) >= 11 is 0. The number of carboxylic acids is 1. The second-order valence-electron chi connectivity index (χ2n) is 8.54. The second-order valence-corrected chi connectivity index (χ2v) is 10.1. The fourth-order valence-electron chi connectivity index (χ4n) is 3.72. The molecule has 2 rings (SSSR count). The summed E-state index contributed by atoms with van der Waals surface area (Å²) in [6.07, 6.45) is -2.92. The van der Waals surface area contributed by atoms with Gasteiger partial charge in [0.05, 0.1) is 10.4 Å². The van der Waals surface area contributed by atoms with Crippen LogP contribution in [0.3, 0.4) is 0 Å². The first kappa shape index (κ1) is 23.3. The predicted molar refractivity (Wildman–Crippen MR) is 103 cm³/mol. The number of piperidine rings is 1. The molecular formula is C20H28NO7S. The van der Waals surface area contributed by atoms with Gasteiger partial charge in [-0.1, -0.05) is 24.6 Å². The van der Waals surface area contributed by atoms with E-state index in [-0.39, 0.29) is 24.3 Å². The molecule has 1 heterocycles. The van der Waals surface area contributed by atoms with Crippen LogP contribution in [0.5, 0.6) is 0 Å². The van der Waals surface area contributed by atoms with E-state index in [9.17, 15) is 28.2 Å². The average Bonchev–Trinajstić information content (AvgIpc) is 2.60. The van der Waals surface area contributed by atoms with Crippen molar-refractivity contribution in [2.45, 2.75) is 64.0 Å². The highest BCUT2D eigenvalue weighted by atomic mass is 32.2. The molecule has 0 saturated carbocycles. The van der Waals surface area contributed by atoms with Crippen LogP contribution >= 0.6 is 0 Å². The van der Waals surface area contributed by atoms with E-state index >= 15 is 0 Å². The molecule has 1 radical (unpaired) electrons. The molecule has 1 saturated heterocycles. The van der Waals surface area contributed by atoms with Crippen LogP contribution in [-0.4, -0.2) is 48.3 Å². The number of rotatable bonds is 5. The fraction of sp³-hybridized carbons (Fsp3) is 0.550. The van der Waals surface area contributed by atoms with Gasteiger partial charge >= 0.3 is 5.97 Å². The maximum atomic E-state index is 12.9. The molecule has 0 aliphatic carbocycles. The number of hydrogen-bond acceptors (Lipinski definition) is 6. The van der Waals surface area contributed by atoms with Gasteiger partial charge in [0.15, 0.2) is 0 Å². The molecule has 1 fully saturated rings. The monoisotopic (exact) mass is 426 g/mol. The minimum atomic E-state index is -4.31. The zero-order chi connectivity index (χ0) is 22.3. The summed E-state index contributed by atoms with van der Waals surface area (Å²) in [5.74, 6) is -1.23. The van der Waals surface area contributed by atoms with Crippen LogP contribution in [0.2, 0.25) is 0 Å². The molecule has 161 valence electrons. The van der Waals surface area contributed by atoms with Crippen molar-refractivity contribution in [2.75, 3.05) is 6.54 Å². The molecule has 3 atom stereocenters. The molecule has 1 N–H and O–H groups in total. The maximum absolute atomic E-state index is 12.9. The number of aliphatic carboxylic acids is 1. The average molecular weight is 427 g/mol. The standard InChI is InChI=1S/C20H29NO7S/c1-6-20(17(22)23)11-12-21(18(24)25,19(3,4)5)13-16(20)28-29(26,27)15-9-7-14(2)8-10-15/h7-10,12,16H,6,11,13H2,1-5H3,(H,22,23)(H,24,25)/q+1/p-1. The van der Waals surface area contributed by atoms with Crippen molar-refractivity contribution >= 4 is 22.2 Å². The molecule has 3 unspecified atom stereocenters. The van der Waals surface area contributed by atoms with Crippen LogP contribution in [0.25, 0.3) is 0 Å². The van der Waals surface area contributed by atoms with Gasteiger partial charge in [0.2, 0.25) is 0 Å². The molecule has 0 bridgehead atoms. The van der Waals surface area contributed by atoms with Gasteiger partial charge in [0.25, 0.3) is 16.2 Å². The minimum Gasteiger partial charge on any atom is -0.498 e. The Balaban J connectivity index is 2.55. The number of amides is 1. The molecule has 1 aromatic carbocycles. The molecule has 29 heavy (non-hydrogen) atoms. The minimum absolute atomic E-state index is 0.0735. The van der Waals surface area contributed by atoms with Gasteiger partial charge in [-0.3, -0.25) is 13.5 Å². The molecule has 1 aliphatic rings. The molecule has 8 nitrogen and oxygen atoms in total. The van der Waals surface area contributed by atoms with Gasteiger partial charge in [-0.2, -0.15) is 8.42 Å². The number of benzene rings is 1. The van der Waals surface area contributed by atoms with E-state index in [1.54, 1.807) is 46.8 Å². The van der Waals surface area contributed by atoms with E-state index in [1.807, 2.05) is 0 Å². The van der Waals surface area contributed by atoms with E-state index in [4.69, 9.17) is 4.18 Å². The topological polar surface area (TPSA) is 121 Å². The summed E-state index contributed by atoms with van der Waals surface area (Å²) in [6.45, 7) is 9.45. The maximum Gasteiger partial charge on any atom is 0.312 e. The molecule has 1 amide bonds. The summed E-state index contributed by atoms with van der Waals surface area (Å²) in [4.78, 5) is 24.1. The van der Waals surface area contributed by atoms with E-state index < -0.39 is 43.7 Å². The fourth-order valence-corrected chi connectivity index (χ4v) is 4.85. The number of aryl methyl sites for hydroxylation is 1. The van der Waals surface area contributed by atoms with Gasteiger partial charge in [0.1, 0.15) is 24.6 Å². The lowest BCUT2D eigenvalue weighted by Crippen LogP contribution is -2.73. The Morgan fingerprint density at radius 1 is 1.28 bits per heavy atom. The Hall–Kier alpha value is -1.97. The number of quaternary nitrogens is 1. The highest BCUT2D eigenvalue weighted by Crippen LogP contribution is 2.46. The zero-order valence-corrected chi connectivity index (χ0v) is 18.2. The van der Waals surface area contributed by atoms with Crippen LogP contribution in [0.4, 0.5) is 4.79 Å². The lowest BCUT2D eigenvalue weighted by molar-refractivity contribution is -0.902. The lowest BCUT2D eigenvalue weighted by Gasteiger charge is -2.54. The number of carbonyl (C=O) groups is 2. The number of hydrogen-bond donors (Lipinski definition) is 1. The smallest absolute Gasteiger partial charge is 0.312 e. The normalized spacial score (nSPS) is 28.1. The van der Waals surface area contributed by atoms with Gasteiger partial charge < -0.3 is 15.0 Å². The number of carbonyl (C=O) groups excluding carboxylic acids is 1. The molecule has 1 aromatic rings. The second kappa shape index (κ2) is 7.70. The summed E-state index contributed by atoms with van der Waals surface area (Å²) in [6, 6.07) is 5.95. The molecule has 1 aliphatic heterocycles. The third kappa shape index (κ3) is 4.04. The summed E-state index contributed by atoms with van der Waals surface area (Å²) in [5.41, 5.74) is -1.61. The van der Waals surface area contributed by atoms with E-state index in [1.165, 1.54) is 18.7 Å². The van der Waals surface area contributed by atoms with Crippen molar-refractivity contribution in [3.8, 4) is 0 Å². The first-order valence-electron chi connectivity index (χ1n) is 9.39. The Bertz CT molecular complexity index is 888. The van der Waals surface area contributed by atoms with Crippen LogP contribution in [0.15, 0.2) is 29.2 Å². The Kier molecular flexibility index (Phi) is 6.19. The van der Waals surface area contributed by atoms with Gasteiger partial charge in [-0.15, -0.1) is 0 Å². The van der Waals surface area contributed by atoms with E-state index in [0.29, 0.717) is 0 Å². The van der Waals surface area contributed by atoms with Crippen LogP contribution in [-0.2, 0) is 19.1 Å². The Morgan fingerprint density at radius 3 is 2.24 bits per heavy atom. The van der Waals surface area contributed by atoms with Crippen molar-refractivity contribution in [3.05, 3.63) is 36.4 Å². The Labute approximate surface area is 171 Å². The van der Waals surface area contributed by atoms with Crippen LogP contribution in [0, 0.1) is 18.9 Å². The predicted octanol–water partition coefficient (Wildman–Crippen LogP) is 2.07. The van der Waals surface area contributed by atoms with Crippen molar-refractivity contribution < 1.29 is 36.9 Å². The third-order valence-corrected chi connectivity index (χ3v) is 7.30. The summed E-state index contributed by atoms with van der Waals surface area (Å²) in [5, 5.41) is 22.0. The van der Waals surface area contributed by atoms with E-state index in [2.05, 4.69) is 0 Å². The van der Waals surface area contributed by atoms with E-state index in [0.717, 1.165) is 5.56 Å². The summed E-state index contributed by atoms with van der Waals surface area (Å²) in [7, 11) is -4.31. The van der Waals surface area contributed by atoms with Crippen LogP contribution < -0.4 is 5.11 Å². The first-order chi connectivity index (χ1) is 13.2. The molecule has 0 aromatic heterocycles. The zero-order valence-electron chi connectivity index (χ0n) is 17.3. The largest absolute Gasteiger partial charge is 0.498 e. The number of likely N-dealkylation sites (tertiary alicyclic amines) is 1. The Morgan fingerprint density at radius 2 is 1.83 bits per heavy atom. The molecular weight excluding hydrogens is 398 g/mol. The summed E-state index contributed by atoms with van der Waals surface area (Å²) < 4.78 is 30.5. The van der Waals surface area contributed by atoms with Crippen molar-refractivity contribution in [2.24, 2.45) is 5.41 Å². The highest BCUT2D eigenvalue weighted by molar-refractivity contribution is 7.86. The number of nitrogens with zero attached hydrogens (tertiary/aromatic N) is 1. The van der Waals surface area contributed by atoms with Gasteiger partial charge in [0, 0.05) is 6.42 Å². The molecule has 9 heteroatoms. The van der Waals surface area contributed by atoms with Crippen molar-refractivity contribution in [1.82, 2.24) is 0 Å². The molecule has 0 spiro atoms. The van der Waals surface area contributed by atoms with Gasteiger partial charge in [-0.05, 0) is 46.2 Å². The lowest BCUT2D eigenvalue weighted by atomic mass is 9.72. The van der Waals surface area contributed by atoms with Gasteiger partial charge in [-0.25, -0.2) is 0 Å². The highest BCUT2D eigenvalue weighted by Gasteiger charge is 2.60. The SMILES string of the molecule is CCC1(C(=O)O)C[CH][N+](C(=O)[O-])(C(C)(C)C)CC1OS(=O)(=O)c1ccc(C)cc1. The quantitative estimate of drug-likeness (QED) is 0.565. The number of carboxylic acid groups (broad SMARTS) is 2.